The number of nitrogens with one attached hydrogen (secondary N) is 1. The number of methoxy groups -OCH3 is 5. The summed E-state index contributed by atoms with van der Waals surface area (Å²) in [6.45, 7) is 6.12. The third-order valence-electron chi connectivity index (χ3n) is 11.4. The van der Waals surface area contributed by atoms with Crippen molar-refractivity contribution >= 4 is 38.4 Å². The zero-order valence-electron chi connectivity index (χ0n) is 33.6. The Kier molecular flexibility index (Phi) is 13.4. The number of amides is 2. The van der Waals surface area contributed by atoms with Crippen molar-refractivity contribution in [2.75, 3.05) is 91.2 Å². The molecule has 1 N–H and O–H groups in total. The topological polar surface area (TPSA) is 149 Å². The zero-order chi connectivity index (χ0) is 40.0. The van der Waals surface area contributed by atoms with Gasteiger partial charge in [-0.3, -0.25) is 14.5 Å². The molecule has 14 nitrogen and oxygen atoms in total. The molecule has 56 heavy (non-hydrogen) atoms. The number of hydrogen-bond donors (Lipinski definition) is 1. The molecule has 2 bridgehead atoms. The van der Waals surface area contributed by atoms with Crippen LogP contribution in [0.2, 0.25) is 0 Å². The van der Waals surface area contributed by atoms with E-state index >= 15 is 0 Å². The lowest BCUT2D eigenvalue weighted by molar-refractivity contribution is -0.139. The smallest absolute Gasteiger partial charge is 0.239 e. The summed E-state index contributed by atoms with van der Waals surface area (Å²) in [5.74, 6) is 3.40. The first kappa shape index (κ1) is 41.1. The molecule has 15 heteroatoms. The fourth-order valence-electron chi connectivity index (χ4n) is 8.48. The van der Waals surface area contributed by atoms with E-state index < -0.39 is 15.8 Å². The molecule has 306 valence electrons. The second-order valence-electron chi connectivity index (χ2n) is 15.1. The Morgan fingerprint density at radius 3 is 2.25 bits per heavy atom. The van der Waals surface area contributed by atoms with Gasteiger partial charge in [-0.15, -0.1) is 0 Å². The van der Waals surface area contributed by atoms with E-state index in [-0.39, 0.29) is 35.8 Å². The maximum atomic E-state index is 13.8. The maximum Gasteiger partial charge on any atom is 0.239 e. The van der Waals surface area contributed by atoms with Crippen molar-refractivity contribution < 1.29 is 41.7 Å². The number of piperidine rings is 1. The largest absolute Gasteiger partial charge is 0.496 e. The number of hydrogen-bond acceptors (Lipinski definition) is 12. The second kappa shape index (κ2) is 18.2. The van der Waals surface area contributed by atoms with Crippen LogP contribution in [0.4, 0.5) is 5.82 Å². The molecule has 2 aromatic carbocycles. The molecule has 0 saturated carbocycles. The van der Waals surface area contributed by atoms with E-state index in [1.807, 2.05) is 25.1 Å². The number of sulfone groups is 1. The van der Waals surface area contributed by atoms with Crippen LogP contribution in [0.3, 0.4) is 0 Å². The predicted octanol–water partition coefficient (Wildman–Crippen LogP) is 4.37. The molecular weight excluding hydrogens is 739 g/mol. The van der Waals surface area contributed by atoms with Crippen LogP contribution >= 0.6 is 0 Å². The molecule has 0 radical (unpaired) electrons. The van der Waals surface area contributed by atoms with Gasteiger partial charge in [0.1, 0.15) is 27.2 Å². The fourth-order valence-corrected chi connectivity index (χ4v) is 9.97. The van der Waals surface area contributed by atoms with Crippen LogP contribution in [0.15, 0.2) is 24.3 Å². The highest BCUT2D eigenvalue weighted by Gasteiger charge is 2.33. The molecule has 1 unspecified atom stereocenters. The zero-order valence-corrected chi connectivity index (χ0v) is 34.5. The highest BCUT2D eigenvalue weighted by molar-refractivity contribution is 7.91. The molecule has 3 aromatic rings. The van der Waals surface area contributed by atoms with Gasteiger partial charge in [-0.25, -0.2) is 13.4 Å². The minimum absolute atomic E-state index is 0.00268. The first-order chi connectivity index (χ1) is 27.0. The summed E-state index contributed by atoms with van der Waals surface area (Å²) in [6.07, 6.45) is 3.84. The lowest BCUT2D eigenvalue weighted by Crippen LogP contribution is -2.47. The van der Waals surface area contributed by atoms with Crippen molar-refractivity contribution in [1.82, 2.24) is 20.1 Å². The van der Waals surface area contributed by atoms with E-state index in [1.54, 1.807) is 40.4 Å². The second-order valence-corrected chi connectivity index (χ2v) is 17.4. The Morgan fingerprint density at radius 2 is 1.55 bits per heavy atom. The quantitative estimate of drug-likeness (QED) is 0.345. The molecule has 1 atom stereocenters. The van der Waals surface area contributed by atoms with Gasteiger partial charge in [0.2, 0.25) is 17.6 Å². The van der Waals surface area contributed by atoms with Crippen LogP contribution in [0.5, 0.6) is 28.7 Å². The van der Waals surface area contributed by atoms with Gasteiger partial charge in [0.15, 0.2) is 11.5 Å². The molecule has 0 aliphatic carbocycles. The number of aromatic nitrogens is 1. The van der Waals surface area contributed by atoms with Crippen LogP contribution in [0.25, 0.3) is 10.9 Å². The average molecular weight is 796 g/mol. The van der Waals surface area contributed by atoms with Gasteiger partial charge < -0.3 is 38.8 Å². The lowest BCUT2D eigenvalue weighted by atomic mass is 9.97. The molecule has 4 heterocycles. The van der Waals surface area contributed by atoms with Crippen LogP contribution < -0.4 is 33.9 Å². The van der Waals surface area contributed by atoms with E-state index in [9.17, 15) is 18.0 Å². The van der Waals surface area contributed by atoms with E-state index in [0.717, 1.165) is 70.7 Å². The van der Waals surface area contributed by atoms with E-state index in [4.69, 9.17) is 28.7 Å². The standard InChI is InChI=1S/C41H57N5O9S/c1-27-34(51-2)12-11-30(37(27)53-4)24-44-15-7-8-16-46(41(48)29-13-18-56(49,50)19-14-29)26-36(47)42-22-28-10-9-17-45(23-28)40-31(25-44)20-32-33(43-40)21-35(52-3)39(55-6)38(32)54-5/h11-12,20-21,28-29H,7-10,13-19,22-26H2,1-6H3,(H,42,47). The minimum atomic E-state index is -3.13. The SMILES string of the molecule is COc1ccc(CN2CCCCN(C(=O)C3CCS(=O)(=O)CC3)CC(=O)NCC3CCCN(C3)c3nc4cc(OC)c(OC)c(OC)c4cc3C2)c(OC)c1C. The van der Waals surface area contributed by atoms with E-state index in [2.05, 4.69) is 21.2 Å². The van der Waals surface area contributed by atoms with Crippen LogP contribution in [0.1, 0.15) is 55.2 Å². The number of carbonyl (C=O) groups is 2. The minimum Gasteiger partial charge on any atom is -0.496 e. The average Bonchev–Trinajstić information content (AvgIpc) is 3.19. The van der Waals surface area contributed by atoms with Gasteiger partial charge in [-0.1, -0.05) is 6.07 Å². The number of pyridine rings is 1. The molecule has 2 saturated heterocycles. The first-order valence-corrected chi connectivity index (χ1v) is 21.4. The number of fused-ring (bicyclic) bond motifs is 5. The summed E-state index contributed by atoms with van der Waals surface area (Å²) in [6, 6.07) is 8.05. The summed E-state index contributed by atoms with van der Waals surface area (Å²) in [5.41, 5.74) is 3.68. The lowest BCUT2D eigenvalue weighted by Gasteiger charge is -2.36. The predicted molar refractivity (Wildman–Crippen MR) is 215 cm³/mol. The summed E-state index contributed by atoms with van der Waals surface area (Å²) in [5, 5.41) is 3.93. The number of ether oxygens (including phenoxy) is 5. The Labute approximate surface area is 330 Å². The third kappa shape index (κ3) is 9.20. The van der Waals surface area contributed by atoms with Gasteiger partial charge in [0.05, 0.1) is 59.1 Å². The summed E-state index contributed by atoms with van der Waals surface area (Å²) >= 11 is 0. The Balaban J connectivity index is 1.39. The number of carbonyl (C=O) groups excluding carboxylic acids is 2. The number of nitrogens with zero attached hydrogens (tertiary/aromatic N) is 4. The molecule has 1 aromatic heterocycles. The number of anilines is 1. The molecule has 3 aliphatic heterocycles. The number of benzene rings is 2. The van der Waals surface area contributed by atoms with E-state index in [1.165, 1.54) is 0 Å². The summed E-state index contributed by atoms with van der Waals surface area (Å²) in [7, 11) is 5.01. The van der Waals surface area contributed by atoms with Crippen LogP contribution in [-0.4, -0.2) is 121 Å². The molecular formula is C41H57N5O9S. The molecule has 2 amide bonds. The summed E-state index contributed by atoms with van der Waals surface area (Å²) in [4.78, 5) is 39.0. The van der Waals surface area contributed by atoms with Crippen molar-refractivity contribution in [1.29, 1.82) is 0 Å². The molecule has 0 spiro atoms. The Hall–Kier alpha value is -4.50. The monoisotopic (exact) mass is 795 g/mol. The van der Waals surface area contributed by atoms with Crippen molar-refractivity contribution in [3.63, 3.8) is 0 Å². The molecule has 2 fully saturated rings. The third-order valence-corrected chi connectivity index (χ3v) is 13.2. The van der Waals surface area contributed by atoms with Crippen molar-refractivity contribution in [2.24, 2.45) is 11.8 Å². The van der Waals surface area contributed by atoms with Crippen molar-refractivity contribution in [3.8, 4) is 28.7 Å². The number of rotatable bonds is 8. The highest BCUT2D eigenvalue weighted by atomic mass is 32.2. The van der Waals surface area contributed by atoms with Crippen LogP contribution in [-0.2, 0) is 32.5 Å². The summed E-state index contributed by atoms with van der Waals surface area (Å²) < 4.78 is 53.3. The maximum absolute atomic E-state index is 13.8. The first-order valence-electron chi connectivity index (χ1n) is 19.5. The normalized spacial score (nSPS) is 20.2. The van der Waals surface area contributed by atoms with Gasteiger partial charge >= 0.3 is 0 Å². The Bertz CT molecular complexity index is 1990. The van der Waals surface area contributed by atoms with Crippen molar-refractivity contribution in [3.05, 3.63) is 41.0 Å². The van der Waals surface area contributed by atoms with E-state index in [0.29, 0.717) is 75.8 Å². The van der Waals surface area contributed by atoms with Gasteiger partial charge in [0.25, 0.3) is 0 Å². The Morgan fingerprint density at radius 1 is 0.839 bits per heavy atom. The van der Waals surface area contributed by atoms with Gasteiger partial charge in [0, 0.05) is 73.3 Å². The molecule has 6 rings (SSSR count). The van der Waals surface area contributed by atoms with Gasteiger partial charge in [-0.05, 0) is 70.0 Å². The van der Waals surface area contributed by atoms with Crippen LogP contribution in [0, 0.1) is 18.8 Å². The van der Waals surface area contributed by atoms with Gasteiger partial charge in [-0.2, -0.15) is 0 Å². The highest BCUT2D eigenvalue weighted by Crippen LogP contribution is 2.44. The van der Waals surface area contributed by atoms with Crippen molar-refractivity contribution in [2.45, 2.75) is 58.5 Å². The fraction of sp³-hybridized carbons (Fsp3) is 0.585. The molecule has 3 aliphatic rings.